The molecule has 6 aromatic carbocycles. The summed E-state index contributed by atoms with van der Waals surface area (Å²) in [5.74, 6) is 0. The van der Waals surface area contributed by atoms with Crippen LogP contribution in [0.25, 0.3) is 0 Å². The molecule has 6 rings (SSSR count). The van der Waals surface area contributed by atoms with E-state index in [-0.39, 0.29) is 14.0 Å². The van der Waals surface area contributed by atoms with E-state index in [9.17, 15) is 34.5 Å². The van der Waals surface area contributed by atoms with Crippen LogP contribution in [-0.4, -0.2) is 20.2 Å². The number of hydrogen-bond donors (Lipinski definition) is 0. The molecule has 0 aliphatic rings. The average Bonchev–Trinajstić information content (AvgIpc) is 3.22. The summed E-state index contributed by atoms with van der Waals surface area (Å²) >= 11 is 3.47. The molecule has 2 nitrogen and oxygen atoms in total. The summed E-state index contributed by atoms with van der Waals surface area (Å²) in [6, 6.07) is 65.3. The number of nitriles is 2. The predicted octanol–water partition coefficient (Wildman–Crippen LogP) is 12.2. The van der Waals surface area contributed by atoms with Crippen LogP contribution < -0.4 is 21.2 Å². The third-order valence-corrected chi connectivity index (χ3v) is 13.6. The molecule has 0 amide bonds. The summed E-state index contributed by atoms with van der Waals surface area (Å²) < 4.78 is 78.0. The first kappa shape index (κ1) is 50.4. The van der Waals surface area contributed by atoms with Gasteiger partial charge in [-0.25, -0.2) is 0 Å². The number of halogens is 8. The quantitative estimate of drug-likeness (QED) is 0.0949. The fraction of sp³-hybridized carbons (Fsp3) is 0.0952. The molecular formula is C42H39B2F8N2P2Pd. The minimum atomic E-state index is -6.00. The average molecular weight is 914 g/mol. The molecule has 0 heterocycles. The van der Waals surface area contributed by atoms with Gasteiger partial charge in [0.2, 0.25) is 0 Å². The van der Waals surface area contributed by atoms with Crippen molar-refractivity contribution in [3.8, 4) is 12.1 Å². The van der Waals surface area contributed by atoms with Crippen LogP contribution in [-0.2, 0) is 18.7 Å². The van der Waals surface area contributed by atoms with Gasteiger partial charge in [-0.1, -0.05) is 111 Å². The van der Waals surface area contributed by atoms with Gasteiger partial charge in [0, 0.05) is 0 Å². The van der Waals surface area contributed by atoms with Crippen LogP contribution in [0.4, 0.5) is 34.5 Å². The summed E-state index contributed by atoms with van der Waals surface area (Å²) in [5, 5.41) is 22.3. The van der Waals surface area contributed by atoms with E-state index in [1.54, 1.807) is 24.3 Å². The zero-order valence-electron chi connectivity index (χ0n) is 30.9. The molecule has 0 aliphatic carbocycles. The summed E-state index contributed by atoms with van der Waals surface area (Å²) in [7, 11) is -12.2. The fourth-order valence-electron chi connectivity index (χ4n) is 4.29. The van der Waals surface area contributed by atoms with Crippen molar-refractivity contribution >= 4 is 49.8 Å². The van der Waals surface area contributed by atoms with Crippen LogP contribution in [0, 0.1) is 22.7 Å². The van der Waals surface area contributed by atoms with Crippen LogP contribution in [0.3, 0.4) is 0 Å². The molecule has 0 saturated carbocycles. The molecule has 0 bridgehead atoms. The van der Waals surface area contributed by atoms with E-state index >= 15 is 0 Å². The second-order valence-corrected chi connectivity index (χ2v) is 17.4. The third-order valence-electron chi connectivity index (χ3n) is 6.84. The monoisotopic (exact) mass is 913 g/mol. The van der Waals surface area contributed by atoms with Crippen molar-refractivity contribution in [2.24, 2.45) is 0 Å². The van der Waals surface area contributed by atoms with Crippen LogP contribution in [0.1, 0.15) is 31.4 Å². The van der Waals surface area contributed by atoms with Gasteiger partial charge in [0.05, 0.1) is 23.3 Å². The van der Waals surface area contributed by atoms with E-state index in [1.165, 1.54) is 27.6 Å². The molecular weight excluding hydrogens is 874 g/mol. The second-order valence-electron chi connectivity index (χ2n) is 11.2. The topological polar surface area (TPSA) is 47.6 Å². The van der Waals surface area contributed by atoms with E-state index in [0.717, 1.165) is 5.66 Å². The van der Waals surface area contributed by atoms with Crippen molar-refractivity contribution < 1.29 is 53.2 Å². The first-order valence-corrected chi connectivity index (χ1v) is 21.8. The molecule has 1 atom stereocenters. The van der Waals surface area contributed by atoms with Crippen molar-refractivity contribution in [3.05, 3.63) is 193 Å². The van der Waals surface area contributed by atoms with Gasteiger partial charge < -0.3 is 34.5 Å². The van der Waals surface area contributed by atoms with E-state index in [0.29, 0.717) is 11.1 Å². The van der Waals surface area contributed by atoms with Crippen molar-refractivity contribution in [2.75, 3.05) is 0 Å². The molecule has 0 radical (unpaired) electrons. The Morgan fingerprint density at radius 2 is 0.667 bits per heavy atom. The Kier molecular flexibility index (Phi) is 25.4. The number of hydrogen-bond acceptors (Lipinski definition) is 2. The van der Waals surface area contributed by atoms with Gasteiger partial charge in [-0.05, 0) is 54.9 Å². The number of nitrogens with zero attached hydrogens (tertiary/aromatic N) is 2. The fourth-order valence-corrected chi connectivity index (χ4v) is 9.48. The Balaban J connectivity index is 0.000000365. The molecule has 0 spiro atoms. The summed E-state index contributed by atoms with van der Waals surface area (Å²) in [5.41, 5.74) is 2.16. The van der Waals surface area contributed by atoms with Gasteiger partial charge in [-0.2, -0.15) is 10.5 Å². The van der Waals surface area contributed by atoms with E-state index in [2.05, 4.69) is 154 Å². The summed E-state index contributed by atoms with van der Waals surface area (Å²) in [4.78, 5) is 0. The van der Waals surface area contributed by atoms with Gasteiger partial charge in [0.15, 0.2) is 0 Å². The minimum absolute atomic E-state index is 0.212. The van der Waals surface area contributed by atoms with Gasteiger partial charge in [0.25, 0.3) is 0 Å². The molecule has 0 fully saturated rings. The molecule has 6 aromatic rings. The van der Waals surface area contributed by atoms with Crippen LogP contribution in [0.2, 0.25) is 0 Å². The first-order valence-electron chi connectivity index (χ1n) is 17.1. The zero-order valence-corrected chi connectivity index (χ0v) is 34.2. The molecule has 0 saturated heterocycles. The standard InChI is InChI=1S/C16H19P.C12H10P.2C7H5N.2BF4.Pd/c1-3-14(2)17(15-10-6-4-7-11-15)16-12-8-5-9-13-16;1-3-7-11(8-4-1)13-12-9-5-2-6-10-12;2*8-6-7-4-2-1-3-5-7;2*2-1(3,4)5;/h4-14H,3H2,1-2H3;1-10H;2*1-5H;;;/q;-1;;;2*-1;+3. The van der Waals surface area contributed by atoms with E-state index in [4.69, 9.17) is 10.5 Å². The number of benzene rings is 6. The number of rotatable bonds is 6. The second kappa shape index (κ2) is 28.7. The van der Waals surface area contributed by atoms with Gasteiger partial charge in [0.1, 0.15) is 0 Å². The summed E-state index contributed by atoms with van der Waals surface area (Å²) in [6.07, 6.45) is 0.911. The molecule has 0 aromatic heterocycles. The predicted molar refractivity (Wildman–Crippen MR) is 221 cm³/mol. The van der Waals surface area contributed by atoms with Crippen molar-refractivity contribution in [2.45, 2.75) is 25.9 Å². The molecule has 15 heteroatoms. The normalized spacial score (nSPS) is 10.6. The Morgan fingerprint density at radius 3 is 0.860 bits per heavy atom. The van der Waals surface area contributed by atoms with Gasteiger partial charge in [-0.3, -0.25) is 0 Å². The molecule has 299 valence electrons. The maximum atomic E-state index is 9.75. The molecule has 57 heavy (non-hydrogen) atoms. The van der Waals surface area contributed by atoms with Crippen molar-refractivity contribution in [1.29, 1.82) is 10.5 Å². The SMILES string of the molecule is CCC(C)P(c1ccccc1)c1ccccc1.F[B-](F)(F)F.F[B-](F)(F)F.N#Cc1ccccc1.N#Cc1ccccc1.[Pd+2][P](c1ccccc1)c1ccccc1. The maximum absolute atomic E-state index is 9.75. The van der Waals surface area contributed by atoms with Gasteiger partial charge in [-0.15, -0.1) is 0 Å². The third kappa shape index (κ3) is 26.0. The van der Waals surface area contributed by atoms with Crippen LogP contribution >= 0.6 is 14.0 Å². The van der Waals surface area contributed by atoms with E-state index in [1.807, 2.05) is 48.5 Å². The first-order chi connectivity index (χ1) is 27.1. The summed E-state index contributed by atoms with van der Waals surface area (Å²) in [6.45, 7) is 4.65. The van der Waals surface area contributed by atoms with Crippen LogP contribution in [0.15, 0.2) is 182 Å². The van der Waals surface area contributed by atoms with Crippen LogP contribution in [0.5, 0.6) is 0 Å². The molecule has 0 aliphatic heterocycles. The van der Waals surface area contributed by atoms with Gasteiger partial charge >= 0.3 is 111 Å². The Labute approximate surface area is 343 Å². The molecule has 1 unspecified atom stereocenters. The molecule has 0 N–H and O–H groups in total. The Hall–Kier alpha value is -4.61. The Morgan fingerprint density at radius 1 is 0.456 bits per heavy atom. The zero-order chi connectivity index (χ0) is 42.5. The van der Waals surface area contributed by atoms with E-state index < -0.39 is 14.5 Å². The van der Waals surface area contributed by atoms with Crippen molar-refractivity contribution in [1.82, 2.24) is 0 Å². The van der Waals surface area contributed by atoms with Crippen molar-refractivity contribution in [3.63, 3.8) is 0 Å². The Bertz CT molecular complexity index is 1820.